The highest BCUT2D eigenvalue weighted by atomic mass is 32.2. The lowest BCUT2D eigenvalue weighted by Gasteiger charge is -2.51. The van der Waals surface area contributed by atoms with E-state index < -0.39 is 39.1 Å². The minimum atomic E-state index is -4.45. The Morgan fingerprint density at radius 3 is 2.27 bits per heavy atom. The number of carbonyl (C=O) groups is 1. The van der Waals surface area contributed by atoms with Crippen molar-refractivity contribution in [1.29, 1.82) is 0 Å². The number of benzene rings is 2. The summed E-state index contributed by atoms with van der Waals surface area (Å²) in [6, 6.07) is 12.7. The van der Waals surface area contributed by atoms with Crippen LogP contribution < -0.4 is 10.4 Å². The van der Waals surface area contributed by atoms with Gasteiger partial charge in [-0.1, -0.05) is 30.3 Å². The summed E-state index contributed by atoms with van der Waals surface area (Å²) >= 11 is 0. The van der Waals surface area contributed by atoms with Gasteiger partial charge in [-0.05, 0) is 58.4 Å². The molecule has 2 atom stereocenters. The lowest BCUT2D eigenvalue weighted by atomic mass is 9.89. The molecule has 1 heterocycles. The van der Waals surface area contributed by atoms with E-state index in [2.05, 4.69) is 14.7 Å². The molecule has 2 aromatic carbocycles. The molecule has 0 fully saturated rings. The monoisotopic (exact) mass is 534 g/mol. The van der Waals surface area contributed by atoms with Crippen LogP contribution in [0.5, 0.6) is 0 Å². The molecule has 0 unspecified atom stereocenters. The number of nitrogens with one attached hydrogen (secondary N) is 3. The molecule has 5 N–H and O–H groups in total. The van der Waals surface area contributed by atoms with Gasteiger partial charge in [0, 0.05) is 12.0 Å². The van der Waals surface area contributed by atoms with Crippen molar-refractivity contribution >= 4 is 27.1 Å². The summed E-state index contributed by atoms with van der Waals surface area (Å²) < 4.78 is 35.8. The molecule has 0 spiro atoms. The molecule has 0 aliphatic rings. The van der Waals surface area contributed by atoms with Crippen molar-refractivity contribution < 1.29 is 28.2 Å². The van der Waals surface area contributed by atoms with E-state index >= 15 is 0 Å². The fourth-order valence-corrected chi connectivity index (χ4v) is 5.75. The third-order valence-electron chi connectivity index (χ3n) is 5.83. The lowest BCUT2D eigenvalue weighted by Crippen LogP contribution is -2.74. The van der Waals surface area contributed by atoms with E-state index in [9.17, 15) is 28.2 Å². The number of sulfonamides is 1. The van der Waals surface area contributed by atoms with Gasteiger partial charge in [0.1, 0.15) is 11.8 Å². The molecule has 37 heavy (non-hydrogen) atoms. The fourth-order valence-electron chi connectivity index (χ4n) is 4.35. The summed E-state index contributed by atoms with van der Waals surface area (Å²) in [6.45, 7) is 8.01. The number of H-pyrrole nitrogens is 2. The van der Waals surface area contributed by atoms with Crippen LogP contribution in [-0.2, 0) is 21.2 Å². The lowest BCUT2D eigenvalue weighted by molar-refractivity contribution is -0.103. The maximum atomic E-state index is 13.8. The minimum absolute atomic E-state index is 0.192. The van der Waals surface area contributed by atoms with Crippen molar-refractivity contribution in [3.05, 3.63) is 64.6 Å². The number of ether oxygens (including phenoxy) is 1. The number of aliphatic hydroxyl groups is 1. The van der Waals surface area contributed by atoms with E-state index in [1.807, 2.05) is 0 Å². The van der Waals surface area contributed by atoms with Gasteiger partial charge < -0.3 is 24.9 Å². The maximum absolute atomic E-state index is 13.8. The van der Waals surface area contributed by atoms with Crippen LogP contribution in [0, 0.1) is 0 Å². The van der Waals surface area contributed by atoms with Crippen molar-refractivity contribution in [2.45, 2.75) is 69.3 Å². The average molecular weight is 535 g/mol. The van der Waals surface area contributed by atoms with Crippen molar-refractivity contribution in [3.8, 4) is 0 Å². The van der Waals surface area contributed by atoms with Gasteiger partial charge in [-0.25, -0.2) is 18.0 Å². The van der Waals surface area contributed by atoms with Crippen LogP contribution in [0.3, 0.4) is 0 Å². The maximum Gasteiger partial charge on any atom is 0.409 e. The summed E-state index contributed by atoms with van der Waals surface area (Å²) in [5, 5.41) is 21.9. The second-order valence-corrected chi connectivity index (χ2v) is 11.8. The molecule has 11 nitrogen and oxygen atoms in total. The minimum Gasteiger partial charge on any atom is -0.465 e. The van der Waals surface area contributed by atoms with E-state index in [0.717, 1.165) is 4.90 Å². The summed E-state index contributed by atoms with van der Waals surface area (Å²) in [5.74, 6) is 0. The second kappa shape index (κ2) is 10.7. The third-order valence-corrected chi connectivity index (χ3v) is 7.32. The average Bonchev–Trinajstić information content (AvgIpc) is 3.15. The first-order valence-electron chi connectivity index (χ1n) is 11.8. The number of rotatable bonds is 10. The molecule has 12 heteroatoms. The van der Waals surface area contributed by atoms with Crippen LogP contribution in [0.1, 0.15) is 40.2 Å². The first-order valence-corrected chi connectivity index (χ1v) is 13.3. The first-order chi connectivity index (χ1) is 17.2. The van der Waals surface area contributed by atoms with E-state index in [-0.39, 0.29) is 29.5 Å². The van der Waals surface area contributed by atoms with Gasteiger partial charge in [0.15, 0.2) is 0 Å². The molecule has 1 amide bonds. The van der Waals surface area contributed by atoms with Crippen LogP contribution in [0.4, 0.5) is 4.79 Å². The molecule has 3 rings (SSSR count). The van der Waals surface area contributed by atoms with Crippen LogP contribution >= 0.6 is 0 Å². The molecule has 1 aromatic heterocycles. The number of aliphatic hydroxyl groups excluding tert-OH is 1. The Balaban J connectivity index is 2.24. The topological polar surface area (TPSA) is 165 Å². The molecule has 0 aliphatic carbocycles. The second-order valence-electron chi connectivity index (χ2n) is 10.2. The third kappa shape index (κ3) is 6.39. The number of amides is 1. The number of carboxylic acid groups (broad SMARTS) is 1. The molecule has 0 aliphatic heterocycles. The molecule has 0 saturated carbocycles. The van der Waals surface area contributed by atoms with Gasteiger partial charge in [-0.15, -0.1) is 0 Å². The van der Waals surface area contributed by atoms with E-state index in [1.165, 1.54) is 18.2 Å². The fraction of sp³-hybridized carbons (Fsp3) is 0.440. The van der Waals surface area contributed by atoms with Gasteiger partial charge in [-0.3, -0.25) is 4.90 Å². The highest BCUT2D eigenvalue weighted by molar-refractivity contribution is 7.89. The summed E-state index contributed by atoms with van der Waals surface area (Å²) in [6.07, 6.45) is -3.53. The Labute approximate surface area is 215 Å². The predicted octanol–water partition coefficient (Wildman–Crippen LogP) is 2.64. The zero-order valence-corrected chi connectivity index (χ0v) is 22.3. The van der Waals surface area contributed by atoms with Crippen molar-refractivity contribution in [2.75, 3.05) is 6.61 Å². The Bertz CT molecular complexity index is 1390. The molecule has 0 bridgehead atoms. The van der Waals surface area contributed by atoms with E-state index in [1.54, 1.807) is 65.0 Å². The van der Waals surface area contributed by atoms with Crippen molar-refractivity contribution in [1.82, 2.24) is 19.6 Å². The SMILES string of the molecule is CC(C)OC[C@H](O)[C@](Cc1ccccc1)(NS(=O)(=O)c1ccc2[nH]c(=O)[nH]c2c1)N(C(=O)O)C(C)(C)C. The van der Waals surface area contributed by atoms with Gasteiger partial charge in [0.2, 0.25) is 10.0 Å². The van der Waals surface area contributed by atoms with Gasteiger partial charge in [0.25, 0.3) is 0 Å². The summed E-state index contributed by atoms with van der Waals surface area (Å²) in [5.41, 5.74) is -2.45. The zero-order chi connectivity index (χ0) is 27.6. The smallest absolute Gasteiger partial charge is 0.409 e. The molecular weight excluding hydrogens is 500 g/mol. The summed E-state index contributed by atoms with van der Waals surface area (Å²) in [7, 11) is -4.45. The Morgan fingerprint density at radius 2 is 1.70 bits per heavy atom. The van der Waals surface area contributed by atoms with Crippen LogP contribution in [-0.4, -0.2) is 69.6 Å². The number of aromatic amines is 2. The van der Waals surface area contributed by atoms with Crippen LogP contribution in [0.25, 0.3) is 11.0 Å². The standard InChI is InChI=1S/C25H34N4O7S/c1-16(2)36-15-21(30)25(14-17-9-7-6-8-10-17,29(23(32)33)24(3,4)5)28-37(34,35)18-11-12-19-20(13-18)27-22(31)26-19/h6-13,16,21,28,30H,14-15H2,1-5H3,(H,32,33)(H2,26,27,31)/t21-,25+/m0/s1. The number of imidazole rings is 1. The molecular formula is C25H34N4O7S. The molecule has 0 saturated heterocycles. The quantitative estimate of drug-likeness (QED) is 0.249. The zero-order valence-electron chi connectivity index (χ0n) is 21.5. The van der Waals surface area contributed by atoms with Crippen LogP contribution in [0.15, 0.2) is 58.2 Å². The Hall–Kier alpha value is -3.19. The number of hydrogen-bond donors (Lipinski definition) is 5. The summed E-state index contributed by atoms with van der Waals surface area (Å²) in [4.78, 5) is 30.2. The van der Waals surface area contributed by atoms with Crippen molar-refractivity contribution in [2.24, 2.45) is 0 Å². The van der Waals surface area contributed by atoms with Gasteiger partial charge in [0.05, 0.1) is 28.6 Å². The van der Waals surface area contributed by atoms with E-state index in [4.69, 9.17) is 4.74 Å². The predicted molar refractivity (Wildman–Crippen MR) is 139 cm³/mol. The highest BCUT2D eigenvalue weighted by Crippen LogP contribution is 2.33. The normalized spacial score (nSPS) is 15.0. The molecule has 3 aromatic rings. The van der Waals surface area contributed by atoms with Gasteiger partial charge >= 0.3 is 11.8 Å². The van der Waals surface area contributed by atoms with Gasteiger partial charge in [-0.2, -0.15) is 4.72 Å². The number of nitrogens with zero attached hydrogens (tertiary/aromatic N) is 1. The highest BCUT2D eigenvalue weighted by Gasteiger charge is 2.53. The van der Waals surface area contributed by atoms with Crippen molar-refractivity contribution in [3.63, 3.8) is 0 Å². The molecule has 202 valence electrons. The van der Waals surface area contributed by atoms with E-state index in [0.29, 0.717) is 11.1 Å². The number of hydrogen-bond acceptors (Lipinski definition) is 6. The largest absolute Gasteiger partial charge is 0.465 e. The first kappa shape index (κ1) is 28.4. The number of aromatic nitrogens is 2. The Morgan fingerprint density at radius 1 is 1.08 bits per heavy atom. The van der Waals surface area contributed by atoms with Crippen LogP contribution in [0.2, 0.25) is 0 Å². The molecule has 0 radical (unpaired) electrons. The number of fused-ring (bicyclic) bond motifs is 1. The Kier molecular flexibility index (Phi) is 8.18.